The summed E-state index contributed by atoms with van der Waals surface area (Å²) < 4.78 is 17.4. The van der Waals surface area contributed by atoms with E-state index in [1.807, 2.05) is 0 Å². The van der Waals surface area contributed by atoms with E-state index in [-0.39, 0.29) is 25.2 Å². The van der Waals surface area contributed by atoms with Crippen molar-refractivity contribution in [2.75, 3.05) is 19.8 Å². The van der Waals surface area contributed by atoms with Crippen LogP contribution in [0.3, 0.4) is 0 Å². The second-order valence-corrected chi connectivity index (χ2v) is 17.4. The van der Waals surface area contributed by atoms with Gasteiger partial charge in [-0.15, -0.1) is 0 Å². The Balaban J connectivity index is 4.24. The molecule has 0 aliphatic heterocycles. The van der Waals surface area contributed by atoms with E-state index in [0.717, 1.165) is 83.5 Å². The quantitative estimate of drug-likeness (QED) is 0.0346. The number of esters is 2. The molecule has 358 valence electrons. The molecule has 0 fully saturated rings. The van der Waals surface area contributed by atoms with Gasteiger partial charge >= 0.3 is 11.9 Å². The number of rotatable bonds is 48. The van der Waals surface area contributed by atoms with Crippen LogP contribution in [0.2, 0.25) is 0 Å². The van der Waals surface area contributed by atoms with Crippen molar-refractivity contribution in [3.63, 3.8) is 0 Å². The third-order valence-electron chi connectivity index (χ3n) is 11.2. The average molecular weight is 865 g/mol. The summed E-state index contributed by atoms with van der Waals surface area (Å²) in [5.41, 5.74) is 0. The van der Waals surface area contributed by atoms with Gasteiger partial charge in [-0.05, 0) is 103 Å². The normalized spacial score (nSPS) is 12.8. The smallest absolute Gasteiger partial charge is 0.306 e. The zero-order valence-electron chi connectivity index (χ0n) is 41.1. The molecule has 5 nitrogen and oxygen atoms in total. The van der Waals surface area contributed by atoms with Crippen LogP contribution in [0.5, 0.6) is 0 Å². The fraction of sp³-hybridized carbons (Fsp3) is 0.754. The highest BCUT2D eigenvalue weighted by atomic mass is 16.6. The number of carbonyl (C=O) groups is 2. The van der Waals surface area contributed by atoms with Crippen molar-refractivity contribution in [3.8, 4) is 0 Å². The minimum Gasteiger partial charge on any atom is -0.462 e. The van der Waals surface area contributed by atoms with Gasteiger partial charge in [-0.3, -0.25) is 9.59 Å². The molecule has 0 aromatic carbocycles. The maximum atomic E-state index is 12.8. The standard InChI is InChI=1S/C57H100O5/c1-4-7-10-13-16-19-22-24-26-28-29-30-31-33-36-38-41-44-47-50-56(58)61-54-55(62-57(59)51-48-45-42-39-35-21-18-15-12-9-6-3)53-60-52-49-46-43-40-37-34-32-27-25-23-20-17-14-11-8-5-2/h8,11,15-20,24-27,55H,4-7,9-10,12-14,21-23,28-54H2,1-3H3/b11-8-,18-15-,19-16-,20-17-,26-24-,27-25-. The van der Waals surface area contributed by atoms with Crippen molar-refractivity contribution in [2.45, 2.75) is 258 Å². The lowest BCUT2D eigenvalue weighted by Gasteiger charge is -2.18. The van der Waals surface area contributed by atoms with Gasteiger partial charge in [-0.2, -0.15) is 0 Å². The van der Waals surface area contributed by atoms with Crippen LogP contribution >= 0.6 is 0 Å². The molecule has 0 aliphatic rings. The summed E-state index contributed by atoms with van der Waals surface area (Å²) in [5, 5.41) is 0. The highest BCUT2D eigenvalue weighted by Crippen LogP contribution is 2.14. The molecule has 0 aromatic heterocycles. The Morgan fingerprint density at radius 2 is 0.742 bits per heavy atom. The number of hydrogen-bond acceptors (Lipinski definition) is 5. The Kier molecular flexibility index (Phi) is 50.4. The molecule has 0 N–H and O–H groups in total. The summed E-state index contributed by atoms with van der Waals surface area (Å²) in [4.78, 5) is 25.4. The minimum absolute atomic E-state index is 0.0728. The van der Waals surface area contributed by atoms with Gasteiger partial charge in [0.1, 0.15) is 6.61 Å². The molecule has 0 radical (unpaired) electrons. The Labute approximate surface area is 385 Å². The Bertz CT molecular complexity index is 1110. The third-order valence-corrected chi connectivity index (χ3v) is 11.2. The molecule has 1 unspecified atom stereocenters. The van der Waals surface area contributed by atoms with E-state index in [1.54, 1.807) is 0 Å². The second-order valence-electron chi connectivity index (χ2n) is 17.4. The lowest BCUT2D eigenvalue weighted by Crippen LogP contribution is -2.30. The molecule has 62 heavy (non-hydrogen) atoms. The molecular formula is C57H100O5. The molecule has 0 saturated carbocycles. The molecule has 0 rings (SSSR count). The summed E-state index contributed by atoms with van der Waals surface area (Å²) in [7, 11) is 0. The van der Waals surface area contributed by atoms with E-state index in [2.05, 4.69) is 93.7 Å². The molecule has 0 aromatic rings. The summed E-state index contributed by atoms with van der Waals surface area (Å²) in [5.74, 6) is -0.418. The van der Waals surface area contributed by atoms with Crippen molar-refractivity contribution >= 4 is 11.9 Å². The molecule has 0 aliphatic carbocycles. The Hall–Kier alpha value is -2.66. The van der Waals surface area contributed by atoms with Crippen LogP contribution in [0, 0.1) is 0 Å². The van der Waals surface area contributed by atoms with Crippen molar-refractivity contribution < 1.29 is 23.8 Å². The zero-order valence-corrected chi connectivity index (χ0v) is 41.1. The van der Waals surface area contributed by atoms with Gasteiger partial charge in [0.05, 0.1) is 6.61 Å². The number of ether oxygens (including phenoxy) is 3. The lowest BCUT2D eigenvalue weighted by molar-refractivity contribution is -0.163. The first kappa shape index (κ1) is 59.3. The van der Waals surface area contributed by atoms with Crippen LogP contribution in [0.4, 0.5) is 0 Å². The van der Waals surface area contributed by atoms with Crippen LogP contribution in [-0.2, 0) is 23.8 Å². The van der Waals surface area contributed by atoms with Crippen LogP contribution in [0.25, 0.3) is 0 Å². The van der Waals surface area contributed by atoms with Crippen molar-refractivity contribution in [1.29, 1.82) is 0 Å². The fourth-order valence-corrected chi connectivity index (χ4v) is 7.24. The molecule has 1 atom stereocenters. The van der Waals surface area contributed by atoms with Crippen molar-refractivity contribution in [3.05, 3.63) is 72.9 Å². The Morgan fingerprint density at radius 1 is 0.371 bits per heavy atom. The van der Waals surface area contributed by atoms with Crippen LogP contribution in [0.15, 0.2) is 72.9 Å². The van der Waals surface area contributed by atoms with Gasteiger partial charge < -0.3 is 14.2 Å². The highest BCUT2D eigenvalue weighted by molar-refractivity contribution is 5.70. The molecule has 0 saturated heterocycles. The van der Waals surface area contributed by atoms with E-state index >= 15 is 0 Å². The molecule has 0 heterocycles. The maximum absolute atomic E-state index is 12.8. The van der Waals surface area contributed by atoms with Crippen LogP contribution in [-0.4, -0.2) is 37.9 Å². The van der Waals surface area contributed by atoms with Gasteiger partial charge in [-0.1, -0.05) is 209 Å². The summed E-state index contributed by atoms with van der Waals surface area (Å²) >= 11 is 0. The molecule has 5 heteroatoms. The van der Waals surface area contributed by atoms with E-state index in [1.165, 1.54) is 135 Å². The summed E-state index contributed by atoms with van der Waals surface area (Å²) in [6.07, 6.45) is 67.7. The first-order valence-electron chi connectivity index (χ1n) is 26.5. The zero-order chi connectivity index (χ0) is 44.9. The first-order valence-corrected chi connectivity index (χ1v) is 26.5. The maximum Gasteiger partial charge on any atom is 0.306 e. The van der Waals surface area contributed by atoms with Crippen molar-refractivity contribution in [2.24, 2.45) is 0 Å². The number of allylic oxidation sites excluding steroid dienone is 12. The van der Waals surface area contributed by atoms with Crippen LogP contribution < -0.4 is 0 Å². The molecular weight excluding hydrogens is 765 g/mol. The SMILES string of the molecule is CC/C=C\C/C=C\C/C=C\CCCCCCCCOCC(COC(=O)CCCCCCCCCCC/C=C\C/C=C\CCCCC)OC(=O)CCCCCCC/C=C\CCCC. The van der Waals surface area contributed by atoms with E-state index in [4.69, 9.17) is 14.2 Å². The first-order chi connectivity index (χ1) is 30.6. The third kappa shape index (κ3) is 50.0. The lowest BCUT2D eigenvalue weighted by atomic mass is 10.1. The summed E-state index contributed by atoms with van der Waals surface area (Å²) in [6, 6.07) is 0. The minimum atomic E-state index is -0.550. The predicted octanol–water partition coefficient (Wildman–Crippen LogP) is 17.9. The van der Waals surface area contributed by atoms with Crippen LogP contribution in [0.1, 0.15) is 252 Å². The van der Waals surface area contributed by atoms with Gasteiger partial charge in [0.15, 0.2) is 6.10 Å². The largest absolute Gasteiger partial charge is 0.462 e. The van der Waals surface area contributed by atoms with Gasteiger partial charge in [0.25, 0.3) is 0 Å². The van der Waals surface area contributed by atoms with Crippen molar-refractivity contribution in [1.82, 2.24) is 0 Å². The highest BCUT2D eigenvalue weighted by Gasteiger charge is 2.17. The topological polar surface area (TPSA) is 61.8 Å². The second kappa shape index (κ2) is 52.7. The van der Waals surface area contributed by atoms with E-state index in [0.29, 0.717) is 19.4 Å². The predicted molar refractivity (Wildman–Crippen MR) is 270 cm³/mol. The molecule has 0 spiro atoms. The fourth-order valence-electron chi connectivity index (χ4n) is 7.24. The number of hydrogen-bond donors (Lipinski definition) is 0. The molecule has 0 amide bonds. The van der Waals surface area contributed by atoms with Gasteiger partial charge in [0, 0.05) is 19.4 Å². The van der Waals surface area contributed by atoms with Gasteiger partial charge in [-0.25, -0.2) is 0 Å². The molecule has 0 bridgehead atoms. The Morgan fingerprint density at radius 3 is 1.23 bits per heavy atom. The van der Waals surface area contributed by atoms with Gasteiger partial charge in [0.2, 0.25) is 0 Å². The average Bonchev–Trinajstić information content (AvgIpc) is 3.27. The van der Waals surface area contributed by atoms with E-state index in [9.17, 15) is 9.59 Å². The summed E-state index contributed by atoms with van der Waals surface area (Å²) in [6.45, 7) is 7.63. The van der Waals surface area contributed by atoms with E-state index < -0.39 is 6.10 Å². The monoisotopic (exact) mass is 865 g/mol. The number of unbranched alkanes of at least 4 members (excludes halogenated alkanes) is 25. The number of carbonyl (C=O) groups excluding carboxylic acids is 2.